The molecule has 1 aliphatic carbocycles. The van der Waals surface area contributed by atoms with Gasteiger partial charge in [-0.1, -0.05) is 0 Å². The molecule has 0 bridgehead atoms. The van der Waals surface area contributed by atoms with E-state index in [1.807, 2.05) is 0 Å². The minimum atomic E-state index is -0.626. The van der Waals surface area contributed by atoms with Crippen LogP contribution in [0.25, 0.3) is 0 Å². The number of amidine groups is 1. The molecule has 1 saturated carbocycles. The van der Waals surface area contributed by atoms with Gasteiger partial charge in [0.15, 0.2) is 0 Å². The fraction of sp³-hybridized carbons (Fsp3) is 0.889. The van der Waals surface area contributed by atoms with Crippen LogP contribution in [0, 0.1) is 11.3 Å². The molecule has 4 heteroatoms. The van der Waals surface area contributed by atoms with Gasteiger partial charge in [-0.2, -0.15) is 0 Å². The molecular weight excluding hydrogens is 184 g/mol. The summed E-state index contributed by atoms with van der Waals surface area (Å²) in [4.78, 5) is 2.13. The Morgan fingerprint density at radius 3 is 2.77 bits per heavy atom. The first-order chi connectivity index (χ1) is 6.27. The van der Waals surface area contributed by atoms with E-state index >= 15 is 0 Å². The van der Waals surface area contributed by atoms with Gasteiger partial charge in [0.05, 0.1) is 5.84 Å². The Labute approximate surface area is 81.5 Å². The molecule has 3 nitrogen and oxygen atoms in total. The molecule has 74 valence electrons. The van der Waals surface area contributed by atoms with Crippen molar-refractivity contribution in [2.24, 2.45) is 5.92 Å². The van der Waals surface area contributed by atoms with E-state index in [-0.39, 0.29) is 0 Å². The van der Waals surface area contributed by atoms with Crippen molar-refractivity contribution in [2.75, 3.05) is 24.6 Å². The molecule has 2 rings (SSSR count). The number of nitrogens with one attached hydrogen (secondary N) is 1. The maximum absolute atomic E-state index is 11.3. The van der Waals surface area contributed by atoms with Crippen LogP contribution in [-0.2, 0) is 10.8 Å². The zero-order valence-corrected chi connectivity index (χ0v) is 8.61. The maximum atomic E-state index is 11.3. The van der Waals surface area contributed by atoms with E-state index in [2.05, 4.69) is 4.90 Å². The summed E-state index contributed by atoms with van der Waals surface area (Å²) in [6.45, 7) is 1.78. The zero-order chi connectivity index (χ0) is 9.26. The number of nitrogens with zero attached hydrogens (tertiary/aromatic N) is 1. The van der Waals surface area contributed by atoms with Gasteiger partial charge in [0.25, 0.3) is 0 Å². The van der Waals surface area contributed by atoms with Crippen molar-refractivity contribution in [3.63, 3.8) is 0 Å². The molecule has 1 heterocycles. The lowest BCUT2D eigenvalue weighted by Gasteiger charge is -2.22. The SMILES string of the molecule is N=C(C1CC1)N1CCCS(=O)CC1. The Hall–Kier alpha value is -0.380. The predicted octanol–water partition coefficient (Wildman–Crippen LogP) is 0.828. The van der Waals surface area contributed by atoms with Crippen LogP contribution in [0.1, 0.15) is 19.3 Å². The average molecular weight is 200 g/mol. The van der Waals surface area contributed by atoms with Gasteiger partial charge in [0.2, 0.25) is 0 Å². The fourth-order valence-electron chi connectivity index (χ4n) is 1.70. The van der Waals surface area contributed by atoms with Crippen LogP contribution in [0.15, 0.2) is 0 Å². The van der Waals surface area contributed by atoms with Crippen LogP contribution in [-0.4, -0.2) is 39.5 Å². The van der Waals surface area contributed by atoms with E-state index in [9.17, 15) is 4.21 Å². The van der Waals surface area contributed by atoms with Crippen molar-refractivity contribution >= 4 is 16.6 Å². The van der Waals surface area contributed by atoms with Crippen LogP contribution >= 0.6 is 0 Å². The molecule has 0 aromatic heterocycles. The van der Waals surface area contributed by atoms with Gasteiger partial charge in [0, 0.05) is 41.3 Å². The van der Waals surface area contributed by atoms with Gasteiger partial charge >= 0.3 is 0 Å². The number of hydrogen-bond donors (Lipinski definition) is 1. The average Bonchev–Trinajstić information content (AvgIpc) is 2.89. The van der Waals surface area contributed by atoms with Gasteiger partial charge in [-0.25, -0.2) is 0 Å². The van der Waals surface area contributed by atoms with Gasteiger partial charge in [-0.15, -0.1) is 0 Å². The quantitative estimate of drug-likeness (QED) is 0.503. The Balaban J connectivity index is 1.90. The highest BCUT2D eigenvalue weighted by Crippen LogP contribution is 2.31. The van der Waals surface area contributed by atoms with E-state index in [1.165, 1.54) is 12.8 Å². The third-order valence-electron chi connectivity index (χ3n) is 2.69. The second-order valence-electron chi connectivity index (χ2n) is 3.85. The lowest BCUT2D eigenvalue weighted by atomic mass is 10.3. The van der Waals surface area contributed by atoms with E-state index < -0.39 is 10.8 Å². The van der Waals surface area contributed by atoms with Gasteiger partial charge in [-0.05, 0) is 19.3 Å². The van der Waals surface area contributed by atoms with Crippen LogP contribution < -0.4 is 0 Å². The van der Waals surface area contributed by atoms with E-state index in [4.69, 9.17) is 5.41 Å². The number of hydrogen-bond acceptors (Lipinski definition) is 2. The first kappa shape index (κ1) is 9.19. The van der Waals surface area contributed by atoms with Crippen LogP contribution in [0.3, 0.4) is 0 Å². The Morgan fingerprint density at radius 1 is 1.31 bits per heavy atom. The first-order valence-electron chi connectivity index (χ1n) is 4.96. The van der Waals surface area contributed by atoms with Crippen molar-refractivity contribution in [2.45, 2.75) is 19.3 Å². The lowest BCUT2D eigenvalue weighted by Crippen LogP contribution is -2.33. The minimum Gasteiger partial charge on any atom is -0.359 e. The second kappa shape index (κ2) is 3.78. The molecule has 1 aliphatic heterocycles. The molecular formula is C9H16N2OS. The molecule has 1 unspecified atom stereocenters. The highest BCUT2D eigenvalue weighted by molar-refractivity contribution is 7.85. The smallest absolute Gasteiger partial charge is 0.0989 e. The molecule has 1 N–H and O–H groups in total. The lowest BCUT2D eigenvalue weighted by molar-refractivity contribution is 0.434. The topological polar surface area (TPSA) is 44.2 Å². The van der Waals surface area contributed by atoms with Gasteiger partial charge in [0.1, 0.15) is 0 Å². The number of rotatable bonds is 1. The summed E-state index contributed by atoms with van der Waals surface area (Å²) >= 11 is 0. The summed E-state index contributed by atoms with van der Waals surface area (Å²) in [5.41, 5.74) is 0. The van der Waals surface area contributed by atoms with E-state index in [1.54, 1.807) is 0 Å². The second-order valence-corrected chi connectivity index (χ2v) is 5.54. The normalized spacial score (nSPS) is 29.8. The summed E-state index contributed by atoms with van der Waals surface area (Å²) in [5.74, 6) is 2.93. The first-order valence-corrected chi connectivity index (χ1v) is 6.44. The summed E-state index contributed by atoms with van der Waals surface area (Å²) < 4.78 is 11.3. The van der Waals surface area contributed by atoms with Crippen molar-refractivity contribution in [3.8, 4) is 0 Å². The van der Waals surface area contributed by atoms with E-state index in [0.29, 0.717) is 5.92 Å². The Morgan fingerprint density at radius 2 is 2.08 bits per heavy atom. The van der Waals surface area contributed by atoms with Crippen LogP contribution in [0.5, 0.6) is 0 Å². The fourth-order valence-corrected chi connectivity index (χ4v) is 2.78. The third-order valence-corrected chi connectivity index (χ3v) is 4.08. The van der Waals surface area contributed by atoms with Crippen LogP contribution in [0.4, 0.5) is 0 Å². The molecule has 0 spiro atoms. The molecule has 0 amide bonds. The van der Waals surface area contributed by atoms with Crippen molar-refractivity contribution in [1.82, 2.24) is 4.90 Å². The van der Waals surface area contributed by atoms with Gasteiger partial charge < -0.3 is 4.90 Å². The standard InChI is InChI=1S/C9H16N2OS/c10-9(8-2-3-8)11-4-1-6-13(12)7-5-11/h8,10H,1-7H2. The summed E-state index contributed by atoms with van der Waals surface area (Å²) in [7, 11) is -0.626. The molecule has 0 aromatic carbocycles. The maximum Gasteiger partial charge on any atom is 0.0989 e. The minimum absolute atomic E-state index is 0.534. The summed E-state index contributed by atoms with van der Waals surface area (Å²) in [5, 5.41) is 7.89. The van der Waals surface area contributed by atoms with Crippen molar-refractivity contribution < 1.29 is 4.21 Å². The zero-order valence-electron chi connectivity index (χ0n) is 7.79. The molecule has 2 fully saturated rings. The molecule has 1 saturated heterocycles. The predicted molar refractivity (Wildman–Crippen MR) is 54.5 cm³/mol. The highest BCUT2D eigenvalue weighted by Gasteiger charge is 2.30. The monoisotopic (exact) mass is 200 g/mol. The summed E-state index contributed by atoms with van der Waals surface area (Å²) in [6, 6.07) is 0. The van der Waals surface area contributed by atoms with Crippen molar-refractivity contribution in [3.05, 3.63) is 0 Å². The van der Waals surface area contributed by atoms with E-state index in [0.717, 1.165) is 36.9 Å². The third kappa shape index (κ3) is 2.30. The Bertz CT molecular complexity index is 238. The summed E-state index contributed by atoms with van der Waals surface area (Å²) in [6.07, 6.45) is 3.37. The molecule has 2 aliphatic rings. The van der Waals surface area contributed by atoms with Crippen LogP contribution in [0.2, 0.25) is 0 Å². The Kier molecular flexibility index (Phi) is 2.67. The molecule has 13 heavy (non-hydrogen) atoms. The highest BCUT2D eigenvalue weighted by atomic mass is 32.2. The van der Waals surface area contributed by atoms with Gasteiger partial charge in [-0.3, -0.25) is 9.62 Å². The molecule has 1 atom stereocenters. The molecule has 0 aromatic rings. The van der Waals surface area contributed by atoms with Crippen molar-refractivity contribution in [1.29, 1.82) is 5.41 Å². The largest absolute Gasteiger partial charge is 0.359 e. The molecule has 0 radical (unpaired) electrons.